The maximum Gasteiger partial charge on any atom is 0.328 e. The summed E-state index contributed by atoms with van der Waals surface area (Å²) in [7, 11) is 0. The van der Waals surface area contributed by atoms with Crippen molar-refractivity contribution in [2.45, 2.75) is 26.3 Å². The summed E-state index contributed by atoms with van der Waals surface area (Å²) in [4.78, 5) is 40.4. The number of nitrogens with zero attached hydrogens (tertiary/aromatic N) is 4. The van der Waals surface area contributed by atoms with Crippen molar-refractivity contribution in [3.8, 4) is 10.8 Å². The molecule has 132 valence electrons. The number of para-hydroxylation sites is 1. The summed E-state index contributed by atoms with van der Waals surface area (Å²) < 4.78 is 2.27. The van der Waals surface area contributed by atoms with Crippen LogP contribution in [0.4, 0.5) is 4.79 Å². The Hall–Kier alpha value is -3.07. The highest BCUT2D eigenvalue weighted by atomic mass is 32.1. The molecule has 0 fully saturated rings. The van der Waals surface area contributed by atoms with Crippen molar-refractivity contribution in [3.63, 3.8) is 0 Å². The molecule has 0 aliphatic rings. The van der Waals surface area contributed by atoms with Gasteiger partial charge in [-0.15, -0.1) is 11.3 Å². The first-order valence-electron chi connectivity index (χ1n) is 7.98. The average molecular weight is 368 g/mol. The lowest BCUT2D eigenvalue weighted by molar-refractivity contribution is 0.234. The molecule has 0 bridgehead atoms. The van der Waals surface area contributed by atoms with Gasteiger partial charge in [-0.25, -0.2) is 19.3 Å². The Kier molecular flexibility index (Phi) is 3.62. The monoisotopic (exact) mass is 368 g/mol. The fourth-order valence-electron chi connectivity index (χ4n) is 2.53. The van der Waals surface area contributed by atoms with Gasteiger partial charge in [0.05, 0.1) is 10.2 Å². The number of H-pyrrole nitrogens is 1. The van der Waals surface area contributed by atoms with Crippen LogP contribution in [-0.2, 0) is 0 Å². The molecule has 0 spiro atoms. The van der Waals surface area contributed by atoms with Crippen molar-refractivity contribution < 1.29 is 4.79 Å². The number of carbonyl (C=O) groups excluding carboxylic acids is 1. The zero-order valence-electron chi connectivity index (χ0n) is 14.4. The third-order valence-electron chi connectivity index (χ3n) is 3.62. The fourth-order valence-corrected chi connectivity index (χ4v) is 3.44. The zero-order chi connectivity index (χ0) is 18.5. The molecular weight excluding hydrogens is 352 g/mol. The minimum Gasteiger partial charge on any atom is -0.333 e. The van der Waals surface area contributed by atoms with Crippen molar-refractivity contribution in [3.05, 3.63) is 40.9 Å². The molecule has 8 nitrogen and oxygen atoms in total. The minimum atomic E-state index is -0.504. The summed E-state index contributed by atoms with van der Waals surface area (Å²) in [5, 5.41) is 3.42. The molecule has 1 aromatic carbocycles. The molecule has 4 aromatic rings. The topological polar surface area (TPSA) is 106 Å². The van der Waals surface area contributed by atoms with Gasteiger partial charge in [0.1, 0.15) is 6.33 Å². The molecule has 3 heterocycles. The number of thiazole rings is 1. The van der Waals surface area contributed by atoms with Crippen LogP contribution < -0.4 is 10.9 Å². The lowest BCUT2D eigenvalue weighted by atomic mass is 10.1. The van der Waals surface area contributed by atoms with Crippen molar-refractivity contribution in [1.29, 1.82) is 0 Å². The molecule has 0 radical (unpaired) electrons. The third kappa shape index (κ3) is 2.86. The average Bonchev–Trinajstić information content (AvgIpc) is 3.17. The number of hydrogen-bond donors (Lipinski definition) is 2. The van der Waals surface area contributed by atoms with E-state index in [1.54, 1.807) is 0 Å². The van der Waals surface area contributed by atoms with Crippen LogP contribution in [-0.4, -0.2) is 36.1 Å². The Morgan fingerprint density at radius 3 is 2.73 bits per heavy atom. The maximum absolute atomic E-state index is 12.5. The molecule has 1 amide bonds. The highest BCUT2D eigenvalue weighted by Gasteiger charge is 2.20. The number of rotatable bonds is 1. The van der Waals surface area contributed by atoms with E-state index in [1.807, 2.05) is 45.0 Å². The molecule has 2 N–H and O–H groups in total. The van der Waals surface area contributed by atoms with Crippen LogP contribution in [0.5, 0.6) is 0 Å². The number of benzene rings is 1. The Morgan fingerprint density at radius 2 is 2.00 bits per heavy atom. The van der Waals surface area contributed by atoms with E-state index in [1.165, 1.54) is 22.2 Å². The van der Waals surface area contributed by atoms with E-state index in [0.717, 1.165) is 10.2 Å². The van der Waals surface area contributed by atoms with Gasteiger partial charge >= 0.3 is 11.6 Å². The van der Waals surface area contributed by atoms with Gasteiger partial charge in [-0.3, -0.25) is 4.79 Å². The van der Waals surface area contributed by atoms with Crippen LogP contribution in [0.15, 0.2) is 35.4 Å². The van der Waals surface area contributed by atoms with Crippen LogP contribution in [0, 0.1) is 0 Å². The van der Waals surface area contributed by atoms with Gasteiger partial charge in [-0.2, -0.15) is 4.98 Å². The van der Waals surface area contributed by atoms with E-state index < -0.39 is 11.1 Å². The van der Waals surface area contributed by atoms with Crippen LogP contribution >= 0.6 is 11.3 Å². The summed E-state index contributed by atoms with van der Waals surface area (Å²) in [5.74, 6) is 0.314. The number of hydrogen-bond acceptors (Lipinski definition) is 6. The number of carbonyl (C=O) groups is 1. The predicted octanol–water partition coefficient (Wildman–Crippen LogP) is 2.75. The maximum atomic E-state index is 12.5. The summed E-state index contributed by atoms with van der Waals surface area (Å²) in [6.45, 7) is 5.63. The highest BCUT2D eigenvalue weighted by Crippen LogP contribution is 2.27. The number of nitrogens with one attached hydrogen (secondary N) is 2. The SMILES string of the molecule is CC(C)(C)NC(=O)n1cnc2c(=O)nc(-c3nc4ccccc4s3)[nH]c21. The fraction of sp³-hybridized carbons (Fsp3) is 0.235. The molecular formula is C17H16N6O2S. The van der Waals surface area contributed by atoms with E-state index in [9.17, 15) is 9.59 Å². The lowest BCUT2D eigenvalue weighted by Gasteiger charge is -2.20. The Labute approximate surface area is 151 Å². The predicted molar refractivity (Wildman–Crippen MR) is 100 cm³/mol. The van der Waals surface area contributed by atoms with E-state index in [-0.39, 0.29) is 11.5 Å². The summed E-state index contributed by atoms with van der Waals surface area (Å²) in [6, 6.07) is 7.30. The number of aromatic amines is 1. The highest BCUT2D eigenvalue weighted by molar-refractivity contribution is 7.21. The van der Waals surface area contributed by atoms with Crippen molar-refractivity contribution in [2.75, 3.05) is 0 Å². The first kappa shape index (κ1) is 16.4. The van der Waals surface area contributed by atoms with E-state index >= 15 is 0 Å². The van der Waals surface area contributed by atoms with Crippen LogP contribution in [0.1, 0.15) is 20.8 Å². The summed E-state index contributed by atoms with van der Waals surface area (Å²) in [5.41, 5.74) is 0.307. The van der Waals surface area contributed by atoms with Crippen molar-refractivity contribution in [1.82, 2.24) is 29.8 Å². The molecule has 4 rings (SSSR count). The van der Waals surface area contributed by atoms with Gasteiger partial charge in [0, 0.05) is 5.54 Å². The zero-order valence-corrected chi connectivity index (χ0v) is 15.2. The number of amides is 1. The largest absolute Gasteiger partial charge is 0.333 e. The molecule has 0 aliphatic carbocycles. The van der Waals surface area contributed by atoms with Crippen molar-refractivity contribution in [2.24, 2.45) is 0 Å². The number of imidazole rings is 1. The number of fused-ring (bicyclic) bond motifs is 2. The first-order chi connectivity index (χ1) is 12.3. The normalized spacial score (nSPS) is 12.0. The molecule has 0 atom stereocenters. The molecule has 0 saturated heterocycles. The van der Waals surface area contributed by atoms with Crippen molar-refractivity contribution >= 4 is 38.7 Å². The molecule has 9 heteroatoms. The summed E-state index contributed by atoms with van der Waals surface area (Å²) >= 11 is 1.42. The Morgan fingerprint density at radius 1 is 1.23 bits per heavy atom. The van der Waals surface area contributed by atoms with Gasteiger partial charge in [0.25, 0.3) is 0 Å². The molecule has 3 aromatic heterocycles. The van der Waals surface area contributed by atoms with E-state index in [4.69, 9.17) is 0 Å². The first-order valence-corrected chi connectivity index (χ1v) is 8.79. The van der Waals surface area contributed by atoms with Gasteiger partial charge in [-0.1, -0.05) is 12.1 Å². The van der Waals surface area contributed by atoms with Crippen LogP contribution in [0.2, 0.25) is 0 Å². The van der Waals surface area contributed by atoms with Gasteiger partial charge in [-0.05, 0) is 32.9 Å². The quantitative estimate of drug-likeness (QED) is 0.537. The van der Waals surface area contributed by atoms with Gasteiger partial charge in [0.2, 0.25) is 0 Å². The molecule has 0 unspecified atom stereocenters. The second-order valence-corrected chi connectivity index (χ2v) is 7.90. The second-order valence-electron chi connectivity index (χ2n) is 6.87. The molecule has 0 saturated carbocycles. The smallest absolute Gasteiger partial charge is 0.328 e. The Balaban J connectivity index is 1.86. The van der Waals surface area contributed by atoms with Crippen LogP contribution in [0.3, 0.4) is 0 Å². The minimum absolute atomic E-state index is 0.110. The van der Waals surface area contributed by atoms with Gasteiger partial charge < -0.3 is 10.3 Å². The number of aromatic nitrogens is 5. The van der Waals surface area contributed by atoms with E-state index in [0.29, 0.717) is 16.5 Å². The Bertz CT molecular complexity index is 1160. The second kappa shape index (κ2) is 5.73. The lowest BCUT2D eigenvalue weighted by Crippen LogP contribution is -2.42. The molecule has 0 aliphatic heterocycles. The third-order valence-corrected chi connectivity index (χ3v) is 4.66. The van der Waals surface area contributed by atoms with Crippen LogP contribution in [0.25, 0.3) is 32.2 Å². The van der Waals surface area contributed by atoms with E-state index in [2.05, 4.69) is 25.3 Å². The summed E-state index contributed by atoms with van der Waals surface area (Å²) in [6.07, 6.45) is 1.31. The standard InChI is InChI=1S/C17H16N6O2S/c1-17(2,3)22-16(25)23-8-18-11-13(23)20-12(21-14(11)24)15-19-9-6-4-5-7-10(9)26-15/h4-8H,1-3H3,(H,22,25)(H,20,21,24). The van der Waals surface area contributed by atoms with Gasteiger partial charge in [0.15, 0.2) is 22.0 Å². The molecule has 26 heavy (non-hydrogen) atoms.